The SMILES string of the molecule is Fc1ccc(C2CCN2Cc2ncc[nH]2)cc1. The molecule has 0 bridgehead atoms. The van der Waals surface area contributed by atoms with Crippen LogP contribution in [0.25, 0.3) is 0 Å². The van der Waals surface area contributed by atoms with Crippen LogP contribution in [0.2, 0.25) is 0 Å². The van der Waals surface area contributed by atoms with E-state index in [0.29, 0.717) is 6.04 Å². The third kappa shape index (κ3) is 2.08. The largest absolute Gasteiger partial charge is 0.348 e. The Hall–Kier alpha value is -1.68. The molecule has 1 saturated heterocycles. The number of rotatable bonds is 3. The number of benzene rings is 1. The van der Waals surface area contributed by atoms with Crippen molar-refractivity contribution in [3.05, 3.63) is 53.9 Å². The Morgan fingerprint density at radius 3 is 2.76 bits per heavy atom. The van der Waals surface area contributed by atoms with Crippen molar-refractivity contribution in [2.75, 3.05) is 6.54 Å². The number of H-pyrrole nitrogens is 1. The van der Waals surface area contributed by atoms with Crippen LogP contribution in [0.1, 0.15) is 23.9 Å². The van der Waals surface area contributed by atoms with Crippen LogP contribution in [0, 0.1) is 5.82 Å². The minimum absolute atomic E-state index is 0.175. The van der Waals surface area contributed by atoms with Crippen molar-refractivity contribution in [3.63, 3.8) is 0 Å². The van der Waals surface area contributed by atoms with Gasteiger partial charge >= 0.3 is 0 Å². The summed E-state index contributed by atoms with van der Waals surface area (Å²) in [4.78, 5) is 9.67. The van der Waals surface area contributed by atoms with Gasteiger partial charge in [-0.3, -0.25) is 4.90 Å². The van der Waals surface area contributed by atoms with Crippen molar-refractivity contribution in [1.82, 2.24) is 14.9 Å². The summed E-state index contributed by atoms with van der Waals surface area (Å²) in [6.45, 7) is 1.90. The minimum atomic E-state index is -0.175. The number of nitrogens with one attached hydrogen (secondary N) is 1. The topological polar surface area (TPSA) is 31.9 Å². The molecule has 3 rings (SSSR count). The van der Waals surface area contributed by atoms with Crippen LogP contribution in [-0.2, 0) is 6.54 Å². The van der Waals surface area contributed by atoms with Crippen molar-refractivity contribution in [2.45, 2.75) is 19.0 Å². The van der Waals surface area contributed by atoms with Gasteiger partial charge in [-0.05, 0) is 24.1 Å². The molecule has 0 spiro atoms. The van der Waals surface area contributed by atoms with Crippen molar-refractivity contribution in [3.8, 4) is 0 Å². The summed E-state index contributed by atoms with van der Waals surface area (Å²) in [7, 11) is 0. The van der Waals surface area contributed by atoms with Gasteiger partial charge in [0.2, 0.25) is 0 Å². The second-order valence-corrected chi connectivity index (χ2v) is 4.36. The Morgan fingerprint density at radius 1 is 1.35 bits per heavy atom. The number of nitrogens with zero attached hydrogens (tertiary/aromatic N) is 2. The van der Waals surface area contributed by atoms with E-state index in [1.807, 2.05) is 18.3 Å². The third-order valence-electron chi connectivity index (χ3n) is 3.29. The summed E-state index contributed by atoms with van der Waals surface area (Å²) in [5, 5.41) is 0. The Kier molecular flexibility index (Phi) is 2.65. The summed E-state index contributed by atoms with van der Waals surface area (Å²) in [6.07, 6.45) is 4.73. The van der Waals surface area contributed by atoms with Crippen LogP contribution < -0.4 is 0 Å². The first-order valence-corrected chi connectivity index (χ1v) is 5.81. The molecule has 0 aliphatic carbocycles. The zero-order valence-corrected chi connectivity index (χ0v) is 9.44. The average Bonchev–Trinajstić information content (AvgIpc) is 2.80. The standard InChI is InChI=1S/C13H14FN3/c14-11-3-1-10(2-4-11)12-5-8-17(12)9-13-15-6-7-16-13/h1-4,6-7,12H,5,8-9H2,(H,15,16). The molecule has 4 heteroatoms. The molecule has 0 amide bonds. The molecule has 3 nitrogen and oxygen atoms in total. The zero-order valence-electron chi connectivity index (χ0n) is 9.44. The van der Waals surface area contributed by atoms with Crippen LogP contribution in [0.15, 0.2) is 36.7 Å². The molecule has 1 N–H and O–H groups in total. The lowest BCUT2D eigenvalue weighted by Crippen LogP contribution is -2.40. The van der Waals surface area contributed by atoms with Gasteiger partial charge in [-0.1, -0.05) is 12.1 Å². The van der Waals surface area contributed by atoms with E-state index in [1.165, 1.54) is 17.7 Å². The van der Waals surface area contributed by atoms with E-state index in [2.05, 4.69) is 14.9 Å². The van der Waals surface area contributed by atoms with E-state index in [0.717, 1.165) is 25.3 Å². The van der Waals surface area contributed by atoms with Gasteiger partial charge in [0.1, 0.15) is 11.6 Å². The van der Waals surface area contributed by atoms with Crippen molar-refractivity contribution in [1.29, 1.82) is 0 Å². The molecule has 1 aromatic carbocycles. The fourth-order valence-electron chi connectivity index (χ4n) is 2.27. The quantitative estimate of drug-likeness (QED) is 0.880. The van der Waals surface area contributed by atoms with Crippen LogP contribution >= 0.6 is 0 Å². The second kappa shape index (κ2) is 4.30. The number of hydrogen-bond donors (Lipinski definition) is 1. The first-order chi connectivity index (χ1) is 8.33. The number of hydrogen-bond acceptors (Lipinski definition) is 2. The molecule has 0 radical (unpaired) electrons. The lowest BCUT2D eigenvalue weighted by atomic mass is 9.95. The number of imidazole rings is 1. The average molecular weight is 231 g/mol. The molecule has 88 valence electrons. The molecule has 1 unspecified atom stereocenters. The molecule has 1 fully saturated rings. The molecule has 2 heterocycles. The van der Waals surface area contributed by atoms with Gasteiger partial charge in [-0.25, -0.2) is 9.37 Å². The first-order valence-electron chi connectivity index (χ1n) is 5.81. The van der Waals surface area contributed by atoms with Crippen molar-refractivity contribution >= 4 is 0 Å². The fourth-order valence-corrected chi connectivity index (χ4v) is 2.27. The summed E-state index contributed by atoms with van der Waals surface area (Å²) >= 11 is 0. The number of halogens is 1. The van der Waals surface area contributed by atoms with E-state index in [4.69, 9.17) is 0 Å². The normalized spacial score (nSPS) is 20.2. The predicted octanol–water partition coefficient (Wildman–Crippen LogP) is 2.50. The van der Waals surface area contributed by atoms with E-state index < -0.39 is 0 Å². The molecule has 2 aromatic rings. The Balaban J connectivity index is 1.70. The summed E-state index contributed by atoms with van der Waals surface area (Å²) in [6, 6.07) is 7.20. The predicted molar refractivity (Wildman–Crippen MR) is 62.8 cm³/mol. The number of aromatic nitrogens is 2. The van der Waals surface area contributed by atoms with Gasteiger partial charge < -0.3 is 4.98 Å². The number of likely N-dealkylation sites (tertiary alicyclic amines) is 1. The molecule has 17 heavy (non-hydrogen) atoms. The lowest BCUT2D eigenvalue weighted by Gasteiger charge is -2.40. The molecule has 1 atom stereocenters. The van der Waals surface area contributed by atoms with Crippen molar-refractivity contribution in [2.24, 2.45) is 0 Å². The van der Waals surface area contributed by atoms with Gasteiger partial charge in [0, 0.05) is 25.0 Å². The highest BCUT2D eigenvalue weighted by atomic mass is 19.1. The van der Waals surface area contributed by atoms with E-state index in [1.54, 1.807) is 6.20 Å². The lowest BCUT2D eigenvalue weighted by molar-refractivity contribution is 0.0790. The van der Waals surface area contributed by atoms with Gasteiger partial charge in [0.05, 0.1) is 6.54 Å². The highest BCUT2D eigenvalue weighted by Crippen LogP contribution is 2.33. The smallest absolute Gasteiger partial charge is 0.123 e. The Morgan fingerprint density at radius 2 is 2.18 bits per heavy atom. The van der Waals surface area contributed by atoms with E-state index >= 15 is 0 Å². The zero-order chi connectivity index (χ0) is 11.7. The Labute approximate surface area is 99.3 Å². The van der Waals surface area contributed by atoms with Crippen molar-refractivity contribution < 1.29 is 4.39 Å². The van der Waals surface area contributed by atoms with E-state index in [9.17, 15) is 4.39 Å². The molecular formula is C13H14FN3. The molecule has 1 aliphatic rings. The second-order valence-electron chi connectivity index (χ2n) is 4.36. The summed E-state index contributed by atoms with van der Waals surface area (Å²) in [5.41, 5.74) is 1.18. The summed E-state index contributed by atoms with van der Waals surface area (Å²) < 4.78 is 12.8. The molecular weight excluding hydrogens is 217 g/mol. The third-order valence-corrected chi connectivity index (χ3v) is 3.29. The maximum Gasteiger partial charge on any atom is 0.123 e. The highest BCUT2D eigenvalue weighted by molar-refractivity contribution is 5.22. The van der Waals surface area contributed by atoms with Gasteiger partial charge in [-0.2, -0.15) is 0 Å². The van der Waals surface area contributed by atoms with Crippen LogP contribution in [0.4, 0.5) is 4.39 Å². The maximum atomic E-state index is 12.8. The van der Waals surface area contributed by atoms with E-state index in [-0.39, 0.29) is 5.82 Å². The maximum absolute atomic E-state index is 12.8. The van der Waals surface area contributed by atoms with Gasteiger partial charge in [0.15, 0.2) is 0 Å². The van der Waals surface area contributed by atoms with Crippen LogP contribution in [-0.4, -0.2) is 21.4 Å². The summed E-state index contributed by atoms with van der Waals surface area (Å²) in [5.74, 6) is 0.808. The van der Waals surface area contributed by atoms with Gasteiger partial charge in [-0.15, -0.1) is 0 Å². The minimum Gasteiger partial charge on any atom is -0.348 e. The van der Waals surface area contributed by atoms with Crippen LogP contribution in [0.5, 0.6) is 0 Å². The number of aromatic amines is 1. The van der Waals surface area contributed by atoms with Gasteiger partial charge in [0.25, 0.3) is 0 Å². The molecule has 0 saturated carbocycles. The molecule has 1 aliphatic heterocycles. The highest BCUT2D eigenvalue weighted by Gasteiger charge is 2.29. The monoisotopic (exact) mass is 231 g/mol. The molecule has 1 aromatic heterocycles. The van der Waals surface area contributed by atoms with Crippen LogP contribution in [0.3, 0.4) is 0 Å². The Bertz CT molecular complexity index is 478. The fraction of sp³-hybridized carbons (Fsp3) is 0.308. The first kappa shape index (κ1) is 10.5.